The third-order valence-electron chi connectivity index (χ3n) is 5.56. The first-order valence-corrected chi connectivity index (χ1v) is 9.19. The van der Waals surface area contributed by atoms with Gasteiger partial charge >= 0.3 is 0 Å². The third-order valence-corrected chi connectivity index (χ3v) is 5.56. The minimum atomic E-state index is -0.639. The lowest BCUT2D eigenvalue weighted by molar-refractivity contribution is 0.0951. The van der Waals surface area contributed by atoms with Gasteiger partial charge < -0.3 is 4.74 Å². The molecule has 2 unspecified atom stereocenters. The number of nitrogens with zero attached hydrogens (tertiary/aromatic N) is 1. The first-order valence-electron chi connectivity index (χ1n) is 9.19. The minimum Gasteiger partial charge on any atom is -0.491 e. The highest BCUT2D eigenvalue weighted by atomic mass is 19.1. The Labute approximate surface area is 153 Å². The van der Waals surface area contributed by atoms with Crippen molar-refractivity contribution in [2.75, 3.05) is 7.11 Å². The summed E-state index contributed by atoms with van der Waals surface area (Å²) in [7, 11) is 1.28. The van der Waals surface area contributed by atoms with E-state index in [0.717, 1.165) is 31.4 Å². The normalized spacial score (nSPS) is 22.8. The van der Waals surface area contributed by atoms with Gasteiger partial charge in [-0.3, -0.25) is 4.90 Å². The highest BCUT2D eigenvalue weighted by Crippen LogP contribution is 2.39. The van der Waals surface area contributed by atoms with E-state index < -0.39 is 11.6 Å². The van der Waals surface area contributed by atoms with Gasteiger partial charge in [-0.15, -0.1) is 0 Å². The molecule has 26 heavy (non-hydrogen) atoms. The van der Waals surface area contributed by atoms with Gasteiger partial charge in [0.1, 0.15) is 0 Å². The van der Waals surface area contributed by atoms with Crippen LogP contribution in [0.25, 0.3) is 5.57 Å². The number of hydrogen-bond donors (Lipinski definition) is 0. The molecule has 2 aliphatic heterocycles. The molecular formula is C22H23F2NO. The van der Waals surface area contributed by atoms with Crippen LogP contribution in [0.4, 0.5) is 8.78 Å². The average Bonchev–Trinajstić information content (AvgIpc) is 2.62. The Kier molecular flexibility index (Phi) is 4.77. The molecule has 0 aliphatic carbocycles. The summed E-state index contributed by atoms with van der Waals surface area (Å²) in [5.74, 6) is -1.59. The quantitative estimate of drug-likeness (QED) is 0.749. The summed E-state index contributed by atoms with van der Waals surface area (Å²) in [6.45, 7) is 0.922. The first-order chi connectivity index (χ1) is 12.7. The summed E-state index contributed by atoms with van der Waals surface area (Å²) in [4.78, 5) is 2.54. The van der Waals surface area contributed by atoms with Gasteiger partial charge in [-0.25, -0.2) is 8.78 Å². The Balaban J connectivity index is 1.62. The molecule has 0 aromatic heterocycles. The van der Waals surface area contributed by atoms with Crippen LogP contribution in [0.2, 0.25) is 0 Å². The summed E-state index contributed by atoms with van der Waals surface area (Å²) in [6, 6.07) is 14.0. The largest absolute Gasteiger partial charge is 0.491 e. The van der Waals surface area contributed by atoms with Crippen molar-refractivity contribution in [2.45, 2.75) is 44.3 Å². The second-order valence-corrected chi connectivity index (χ2v) is 7.18. The van der Waals surface area contributed by atoms with Gasteiger partial charge in [0.05, 0.1) is 7.11 Å². The van der Waals surface area contributed by atoms with Crippen molar-refractivity contribution in [2.24, 2.45) is 0 Å². The van der Waals surface area contributed by atoms with E-state index >= 15 is 0 Å². The van der Waals surface area contributed by atoms with E-state index in [2.05, 4.69) is 35.2 Å². The molecular weight excluding hydrogens is 332 g/mol. The smallest absolute Gasteiger partial charge is 0.190 e. The van der Waals surface area contributed by atoms with E-state index in [9.17, 15) is 8.78 Å². The Morgan fingerprint density at radius 3 is 2.46 bits per heavy atom. The molecule has 2 aromatic carbocycles. The topological polar surface area (TPSA) is 12.5 Å². The molecule has 2 aliphatic rings. The molecule has 0 amide bonds. The molecule has 0 N–H and O–H groups in total. The second kappa shape index (κ2) is 7.20. The Bertz CT molecular complexity index is 795. The lowest BCUT2D eigenvalue weighted by atomic mass is 9.82. The zero-order valence-electron chi connectivity index (χ0n) is 14.9. The van der Waals surface area contributed by atoms with Gasteiger partial charge in [0, 0.05) is 18.6 Å². The van der Waals surface area contributed by atoms with E-state index in [1.807, 2.05) is 6.07 Å². The highest BCUT2D eigenvalue weighted by molar-refractivity contribution is 5.68. The van der Waals surface area contributed by atoms with Gasteiger partial charge in [-0.1, -0.05) is 42.8 Å². The summed E-state index contributed by atoms with van der Waals surface area (Å²) >= 11 is 0. The van der Waals surface area contributed by atoms with Gasteiger partial charge in [0.15, 0.2) is 17.4 Å². The van der Waals surface area contributed by atoms with Crippen LogP contribution in [-0.2, 0) is 6.54 Å². The number of rotatable bonds is 4. The number of piperidine rings is 1. The third kappa shape index (κ3) is 3.26. The minimum absolute atomic E-state index is 0.309. The summed E-state index contributed by atoms with van der Waals surface area (Å²) < 4.78 is 33.0. The maximum atomic E-state index is 14.1. The van der Waals surface area contributed by atoms with Crippen LogP contribution in [0, 0.1) is 11.6 Å². The van der Waals surface area contributed by atoms with Crippen LogP contribution in [0.1, 0.15) is 36.8 Å². The molecule has 1 saturated heterocycles. The summed E-state index contributed by atoms with van der Waals surface area (Å²) in [6.07, 6.45) is 6.46. The molecule has 0 radical (unpaired) electrons. The van der Waals surface area contributed by atoms with Gasteiger partial charge in [-0.05, 0) is 48.1 Å². The number of fused-ring (bicyclic) bond motifs is 2. The van der Waals surface area contributed by atoms with Crippen molar-refractivity contribution in [1.82, 2.24) is 4.90 Å². The van der Waals surface area contributed by atoms with Crippen LogP contribution >= 0.6 is 0 Å². The fourth-order valence-corrected chi connectivity index (χ4v) is 4.31. The van der Waals surface area contributed by atoms with Gasteiger partial charge in [-0.2, -0.15) is 0 Å². The number of benzene rings is 2. The van der Waals surface area contributed by atoms with Crippen molar-refractivity contribution in [1.29, 1.82) is 0 Å². The number of hydrogen-bond acceptors (Lipinski definition) is 2. The SMILES string of the molecule is COc1c(F)cc(C2=CC3CCCC(C2)N3Cc2ccccc2)cc1F. The van der Waals surface area contributed by atoms with Crippen LogP contribution in [0.5, 0.6) is 5.75 Å². The molecule has 0 saturated carbocycles. The fourth-order valence-electron chi connectivity index (χ4n) is 4.31. The summed E-state index contributed by atoms with van der Waals surface area (Å²) in [5, 5.41) is 0. The zero-order valence-corrected chi connectivity index (χ0v) is 14.9. The number of methoxy groups -OCH3 is 1. The van der Waals surface area contributed by atoms with Crippen molar-refractivity contribution in [3.8, 4) is 5.75 Å². The average molecular weight is 355 g/mol. The Morgan fingerprint density at radius 1 is 1.08 bits per heavy atom. The molecule has 2 heterocycles. The summed E-state index contributed by atoms with van der Waals surface area (Å²) in [5.41, 5.74) is 2.99. The Hall–Kier alpha value is -2.20. The van der Waals surface area contributed by atoms with E-state index in [0.29, 0.717) is 17.6 Å². The highest BCUT2D eigenvalue weighted by Gasteiger charge is 2.34. The molecule has 4 rings (SSSR count). The van der Waals surface area contributed by atoms with E-state index in [-0.39, 0.29) is 5.75 Å². The molecule has 4 heteroatoms. The van der Waals surface area contributed by atoms with Crippen molar-refractivity contribution < 1.29 is 13.5 Å². The lowest BCUT2D eigenvalue weighted by Gasteiger charge is -2.45. The zero-order chi connectivity index (χ0) is 18.1. The van der Waals surface area contributed by atoms with Crippen LogP contribution < -0.4 is 4.74 Å². The van der Waals surface area contributed by atoms with Crippen LogP contribution in [0.3, 0.4) is 0 Å². The van der Waals surface area contributed by atoms with Crippen molar-refractivity contribution in [3.05, 3.63) is 71.3 Å². The maximum absolute atomic E-state index is 14.1. The van der Waals surface area contributed by atoms with Crippen molar-refractivity contribution >= 4 is 5.57 Å². The predicted molar refractivity (Wildman–Crippen MR) is 98.9 cm³/mol. The van der Waals surface area contributed by atoms with E-state index in [4.69, 9.17) is 4.74 Å². The molecule has 2 nitrogen and oxygen atoms in total. The lowest BCUT2D eigenvalue weighted by Crippen LogP contribution is -2.47. The molecule has 2 bridgehead atoms. The molecule has 2 aromatic rings. The predicted octanol–water partition coefficient (Wildman–Crippen LogP) is 5.18. The second-order valence-electron chi connectivity index (χ2n) is 7.18. The van der Waals surface area contributed by atoms with Crippen LogP contribution in [0.15, 0.2) is 48.5 Å². The molecule has 1 fully saturated rings. The van der Waals surface area contributed by atoms with E-state index in [1.54, 1.807) is 0 Å². The molecule has 0 spiro atoms. The number of halogens is 2. The van der Waals surface area contributed by atoms with E-state index in [1.165, 1.54) is 31.2 Å². The van der Waals surface area contributed by atoms with Crippen LogP contribution in [-0.4, -0.2) is 24.1 Å². The number of ether oxygens (including phenoxy) is 1. The molecule has 136 valence electrons. The molecule has 2 atom stereocenters. The van der Waals surface area contributed by atoms with Gasteiger partial charge in [0.2, 0.25) is 0 Å². The Morgan fingerprint density at radius 2 is 1.81 bits per heavy atom. The van der Waals surface area contributed by atoms with Gasteiger partial charge in [0.25, 0.3) is 0 Å². The first kappa shape index (κ1) is 17.2. The maximum Gasteiger partial charge on any atom is 0.190 e. The fraction of sp³-hybridized carbons (Fsp3) is 0.364. The standard InChI is InChI=1S/C22H23F2NO/c1-26-22-20(23)12-17(13-21(22)24)16-10-18-8-5-9-19(11-16)25(18)14-15-6-3-2-4-7-15/h2-4,6-7,10,12-13,18-19H,5,8-9,11,14H2,1H3. The van der Waals surface area contributed by atoms with Crippen molar-refractivity contribution in [3.63, 3.8) is 0 Å². The monoisotopic (exact) mass is 355 g/mol.